The molecule has 0 aromatic rings. The van der Waals surface area contributed by atoms with Gasteiger partial charge in [0, 0.05) is 9.47 Å². The molecule has 2 aliphatic carbocycles. The predicted octanol–water partition coefficient (Wildman–Crippen LogP) is 4.57. The minimum Gasteiger partial charge on any atom is -0.366 e. The van der Waals surface area contributed by atoms with E-state index in [-0.39, 0.29) is 0 Å². The summed E-state index contributed by atoms with van der Waals surface area (Å²) in [5, 5.41) is 0. The third-order valence-corrected chi connectivity index (χ3v) is 5.05. The summed E-state index contributed by atoms with van der Waals surface area (Å²) in [6.07, 6.45) is 14.7. The molecule has 0 N–H and O–H groups in total. The van der Waals surface area contributed by atoms with E-state index in [1.807, 2.05) is 0 Å². The highest BCUT2D eigenvalue weighted by atomic mass is 31.0. The molecule has 1 nitrogen and oxygen atoms in total. The first kappa shape index (κ1) is 12.8. The van der Waals surface area contributed by atoms with Crippen LogP contribution in [0.25, 0.3) is 0 Å². The summed E-state index contributed by atoms with van der Waals surface area (Å²) in [4.78, 5) is 0. The van der Waals surface area contributed by atoms with Crippen molar-refractivity contribution in [2.24, 2.45) is 17.8 Å². The van der Waals surface area contributed by atoms with Gasteiger partial charge in [0.1, 0.15) is 0 Å². The molecule has 0 aromatic carbocycles. The van der Waals surface area contributed by atoms with E-state index in [0.29, 0.717) is 0 Å². The molecule has 2 heteroatoms. The molecule has 1 atom stereocenters. The molecular weight excluding hydrogens is 215 g/mol. The van der Waals surface area contributed by atoms with E-state index in [1.165, 1.54) is 64.2 Å². The van der Waals surface area contributed by atoms with Crippen molar-refractivity contribution >= 4 is 9.47 Å². The van der Waals surface area contributed by atoms with Crippen LogP contribution in [0.2, 0.25) is 0 Å². The summed E-state index contributed by atoms with van der Waals surface area (Å²) >= 11 is 0. The van der Waals surface area contributed by atoms with Crippen LogP contribution in [0.4, 0.5) is 0 Å². The summed E-state index contributed by atoms with van der Waals surface area (Å²) in [7, 11) is 2.38. The van der Waals surface area contributed by atoms with Gasteiger partial charge in [-0.05, 0) is 30.6 Å². The lowest BCUT2D eigenvalue weighted by Gasteiger charge is -2.29. The van der Waals surface area contributed by atoms with Crippen LogP contribution >= 0.6 is 9.47 Å². The van der Waals surface area contributed by atoms with E-state index >= 15 is 0 Å². The molecule has 1 unspecified atom stereocenters. The van der Waals surface area contributed by atoms with Crippen molar-refractivity contribution in [1.29, 1.82) is 0 Å². The van der Waals surface area contributed by atoms with Gasteiger partial charge in [-0.2, -0.15) is 0 Å². The molecule has 2 saturated carbocycles. The quantitative estimate of drug-likeness (QED) is 0.489. The lowest BCUT2D eigenvalue weighted by Crippen LogP contribution is -2.20. The van der Waals surface area contributed by atoms with Crippen molar-refractivity contribution in [2.75, 3.05) is 6.61 Å². The molecule has 0 aromatic heterocycles. The summed E-state index contributed by atoms with van der Waals surface area (Å²) < 4.78 is 5.13. The van der Waals surface area contributed by atoms with Crippen molar-refractivity contribution in [2.45, 2.75) is 64.2 Å². The topological polar surface area (TPSA) is 9.23 Å². The van der Waals surface area contributed by atoms with Crippen LogP contribution in [0.15, 0.2) is 0 Å². The highest BCUT2D eigenvalue weighted by molar-refractivity contribution is 7.09. The van der Waals surface area contributed by atoms with Crippen LogP contribution in [-0.4, -0.2) is 6.61 Å². The molecule has 0 heterocycles. The fraction of sp³-hybridized carbons (Fsp3) is 1.00. The summed E-state index contributed by atoms with van der Waals surface area (Å²) in [5.74, 6) is 3.16. The molecule has 2 rings (SSSR count). The van der Waals surface area contributed by atoms with Gasteiger partial charge >= 0.3 is 0 Å². The molecule has 0 saturated heterocycles. The molecular formula is C14H27OP. The maximum Gasteiger partial charge on any atom is 0.0502 e. The van der Waals surface area contributed by atoms with Crippen LogP contribution in [0.5, 0.6) is 0 Å². The van der Waals surface area contributed by atoms with E-state index in [1.54, 1.807) is 0 Å². The molecule has 0 aliphatic heterocycles. The van der Waals surface area contributed by atoms with Crippen LogP contribution < -0.4 is 0 Å². The van der Waals surface area contributed by atoms with E-state index in [9.17, 15) is 0 Å². The molecule has 2 fully saturated rings. The number of hydrogen-bond acceptors (Lipinski definition) is 1. The van der Waals surface area contributed by atoms with Crippen LogP contribution in [0.3, 0.4) is 0 Å². The highest BCUT2D eigenvalue weighted by Crippen LogP contribution is 2.43. The van der Waals surface area contributed by atoms with Gasteiger partial charge in [0.05, 0.1) is 6.61 Å². The predicted molar refractivity (Wildman–Crippen MR) is 72.3 cm³/mol. The second kappa shape index (κ2) is 6.97. The Kier molecular flexibility index (Phi) is 5.59. The van der Waals surface area contributed by atoms with Gasteiger partial charge in [-0.15, -0.1) is 0 Å². The normalized spacial score (nSPS) is 23.6. The third kappa shape index (κ3) is 3.44. The van der Waals surface area contributed by atoms with Gasteiger partial charge in [0.2, 0.25) is 0 Å². The van der Waals surface area contributed by atoms with Gasteiger partial charge in [-0.3, -0.25) is 0 Å². The zero-order valence-corrected chi connectivity index (χ0v) is 11.7. The maximum atomic E-state index is 5.13. The first-order chi connectivity index (χ1) is 7.92. The van der Waals surface area contributed by atoms with E-state index in [0.717, 1.165) is 24.4 Å². The Hall–Kier alpha value is 0.390. The number of rotatable bonds is 6. The Balaban J connectivity index is 1.83. The zero-order valence-electron chi connectivity index (χ0n) is 10.5. The summed E-state index contributed by atoms with van der Waals surface area (Å²) in [6, 6.07) is 0. The van der Waals surface area contributed by atoms with Crippen molar-refractivity contribution in [1.82, 2.24) is 0 Å². The Morgan fingerprint density at radius 3 is 1.88 bits per heavy atom. The molecule has 0 amide bonds. The maximum absolute atomic E-state index is 5.13. The molecule has 16 heavy (non-hydrogen) atoms. The molecule has 94 valence electrons. The van der Waals surface area contributed by atoms with E-state index < -0.39 is 0 Å². The highest BCUT2D eigenvalue weighted by Gasteiger charge is 2.32. The van der Waals surface area contributed by atoms with Crippen molar-refractivity contribution < 1.29 is 4.52 Å². The van der Waals surface area contributed by atoms with Crippen molar-refractivity contribution in [3.05, 3.63) is 0 Å². The molecule has 0 spiro atoms. The summed E-state index contributed by atoms with van der Waals surface area (Å²) in [5.41, 5.74) is 0. The Morgan fingerprint density at radius 1 is 0.938 bits per heavy atom. The van der Waals surface area contributed by atoms with Crippen LogP contribution in [-0.2, 0) is 4.52 Å². The van der Waals surface area contributed by atoms with Crippen LogP contribution in [0, 0.1) is 17.8 Å². The van der Waals surface area contributed by atoms with Crippen LogP contribution in [0.1, 0.15) is 64.2 Å². The molecule has 2 aliphatic rings. The smallest absolute Gasteiger partial charge is 0.0502 e. The minimum absolute atomic E-state index is 0.931. The SMILES string of the molecule is POCCCC(C1CCCC1)C1CCCC1. The standard InChI is InChI=1S/C14H27OP/c16-15-11-5-10-14(12-6-1-2-7-12)13-8-3-4-9-13/h12-14H,1-11,16H2. The number of hydrogen-bond donors (Lipinski definition) is 0. The average molecular weight is 242 g/mol. The fourth-order valence-corrected chi connectivity index (χ4v) is 4.20. The minimum atomic E-state index is 0.931. The van der Waals surface area contributed by atoms with Gasteiger partial charge in [0.25, 0.3) is 0 Å². The summed E-state index contributed by atoms with van der Waals surface area (Å²) in [6.45, 7) is 0.931. The van der Waals surface area contributed by atoms with Crippen molar-refractivity contribution in [3.8, 4) is 0 Å². The molecule has 0 bridgehead atoms. The Morgan fingerprint density at radius 2 is 1.44 bits per heavy atom. The second-order valence-electron chi connectivity index (χ2n) is 5.77. The van der Waals surface area contributed by atoms with Gasteiger partial charge in [0.15, 0.2) is 0 Å². The largest absolute Gasteiger partial charge is 0.366 e. The fourth-order valence-electron chi connectivity index (χ4n) is 4.03. The van der Waals surface area contributed by atoms with Gasteiger partial charge < -0.3 is 4.52 Å². The Labute approximate surface area is 103 Å². The van der Waals surface area contributed by atoms with E-state index in [4.69, 9.17) is 4.52 Å². The van der Waals surface area contributed by atoms with Crippen molar-refractivity contribution in [3.63, 3.8) is 0 Å². The lowest BCUT2D eigenvalue weighted by atomic mass is 9.77. The van der Waals surface area contributed by atoms with Gasteiger partial charge in [-0.25, -0.2) is 0 Å². The van der Waals surface area contributed by atoms with E-state index in [2.05, 4.69) is 9.47 Å². The Bertz CT molecular complexity index is 167. The molecule has 0 radical (unpaired) electrons. The first-order valence-corrected chi connectivity index (χ1v) is 7.70. The zero-order chi connectivity index (χ0) is 11.2. The van der Waals surface area contributed by atoms with Gasteiger partial charge in [-0.1, -0.05) is 51.4 Å². The average Bonchev–Trinajstić information content (AvgIpc) is 2.97. The monoisotopic (exact) mass is 242 g/mol. The second-order valence-corrected chi connectivity index (χ2v) is 6.10. The first-order valence-electron chi connectivity index (χ1n) is 7.23. The third-order valence-electron chi connectivity index (χ3n) is 4.81. The lowest BCUT2D eigenvalue weighted by molar-refractivity contribution is 0.200.